The van der Waals surface area contributed by atoms with Crippen LogP contribution in [0.4, 0.5) is 5.82 Å². The number of hydrogen-bond acceptors (Lipinski definition) is 4. The quantitative estimate of drug-likeness (QED) is 0.354. The minimum atomic E-state index is -0.259. The van der Waals surface area contributed by atoms with E-state index in [1.165, 1.54) is 0 Å². The number of nitrogens with zero attached hydrogens (tertiary/aromatic N) is 1. The van der Waals surface area contributed by atoms with E-state index >= 15 is 0 Å². The van der Waals surface area contributed by atoms with Gasteiger partial charge in [-0.1, -0.05) is 18.2 Å². The summed E-state index contributed by atoms with van der Waals surface area (Å²) in [4.78, 5) is 14.6. The van der Waals surface area contributed by atoms with Gasteiger partial charge in [-0.05, 0) is 6.07 Å². The summed E-state index contributed by atoms with van der Waals surface area (Å²) in [5, 5.41) is 7.86. The minimum absolute atomic E-state index is 0.259. The Morgan fingerprint density at radius 1 is 1.31 bits per heavy atom. The van der Waals surface area contributed by atoms with E-state index in [0.717, 1.165) is 10.9 Å². The SMILES string of the molecule is NNc1n[nH]c(=O)c2[nH]c3ccccc3c12. The van der Waals surface area contributed by atoms with Crippen LogP contribution in [0.3, 0.4) is 0 Å². The van der Waals surface area contributed by atoms with Crippen molar-refractivity contribution in [3.63, 3.8) is 0 Å². The highest BCUT2D eigenvalue weighted by molar-refractivity contribution is 6.11. The van der Waals surface area contributed by atoms with E-state index in [1.54, 1.807) is 0 Å². The number of para-hydroxylation sites is 1. The van der Waals surface area contributed by atoms with Crippen molar-refractivity contribution in [1.82, 2.24) is 15.2 Å². The molecule has 6 nitrogen and oxygen atoms in total. The molecule has 3 rings (SSSR count). The van der Waals surface area contributed by atoms with E-state index in [4.69, 9.17) is 5.84 Å². The van der Waals surface area contributed by atoms with Crippen LogP contribution in [0, 0.1) is 0 Å². The van der Waals surface area contributed by atoms with Crippen LogP contribution in [0.5, 0.6) is 0 Å². The number of aromatic nitrogens is 3. The molecule has 0 atom stereocenters. The molecule has 0 spiro atoms. The summed E-state index contributed by atoms with van der Waals surface area (Å²) < 4.78 is 0. The maximum atomic E-state index is 11.6. The van der Waals surface area contributed by atoms with E-state index in [9.17, 15) is 4.79 Å². The molecule has 0 saturated carbocycles. The van der Waals surface area contributed by atoms with Crippen LogP contribution < -0.4 is 16.8 Å². The average molecular weight is 215 g/mol. The molecule has 0 radical (unpaired) electrons. The molecule has 0 bridgehead atoms. The van der Waals surface area contributed by atoms with Crippen LogP contribution in [0.25, 0.3) is 21.8 Å². The van der Waals surface area contributed by atoms with E-state index in [2.05, 4.69) is 20.6 Å². The van der Waals surface area contributed by atoms with Crippen molar-refractivity contribution in [2.45, 2.75) is 0 Å². The number of anilines is 1. The van der Waals surface area contributed by atoms with Gasteiger partial charge in [-0.2, -0.15) is 5.10 Å². The number of nitrogen functional groups attached to an aromatic ring is 1. The Bertz CT molecular complexity index is 727. The first-order valence-corrected chi connectivity index (χ1v) is 4.77. The molecular weight excluding hydrogens is 206 g/mol. The average Bonchev–Trinajstić information content (AvgIpc) is 2.70. The zero-order valence-corrected chi connectivity index (χ0v) is 8.24. The lowest BCUT2D eigenvalue weighted by Crippen LogP contribution is -2.15. The number of rotatable bonds is 1. The van der Waals surface area contributed by atoms with Gasteiger partial charge in [0.05, 0.1) is 5.39 Å². The molecule has 6 heteroatoms. The van der Waals surface area contributed by atoms with Crippen LogP contribution in [-0.2, 0) is 0 Å². The number of nitrogens with two attached hydrogens (primary N) is 1. The molecule has 2 aromatic heterocycles. The van der Waals surface area contributed by atoms with E-state index < -0.39 is 0 Å². The summed E-state index contributed by atoms with van der Waals surface area (Å²) in [5.74, 6) is 5.82. The number of H-pyrrole nitrogens is 2. The number of nitrogens with one attached hydrogen (secondary N) is 3. The highest BCUT2D eigenvalue weighted by atomic mass is 16.1. The lowest BCUT2D eigenvalue weighted by Gasteiger charge is -1.99. The van der Waals surface area contributed by atoms with Crippen LogP contribution in [0.2, 0.25) is 0 Å². The van der Waals surface area contributed by atoms with Gasteiger partial charge in [-0.25, -0.2) is 10.9 Å². The summed E-state index contributed by atoms with van der Waals surface area (Å²) in [6.45, 7) is 0. The number of aromatic amines is 2. The number of fused-ring (bicyclic) bond motifs is 3. The molecule has 3 aromatic rings. The molecule has 80 valence electrons. The second kappa shape index (κ2) is 3.07. The predicted octanol–water partition coefficient (Wildman–Crippen LogP) is 0.690. The third-order valence-electron chi connectivity index (χ3n) is 2.58. The Balaban J connectivity index is 2.64. The minimum Gasteiger partial charge on any atom is -0.350 e. The fraction of sp³-hybridized carbons (Fsp3) is 0. The van der Waals surface area contributed by atoms with Crippen molar-refractivity contribution in [2.75, 3.05) is 5.43 Å². The monoisotopic (exact) mass is 215 g/mol. The topological polar surface area (TPSA) is 99.6 Å². The molecule has 0 aliphatic heterocycles. The van der Waals surface area contributed by atoms with E-state index in [1.807, 2.05) is 24.3 Å². The Hall–Kier alpha value is -2.34. The van der Waals surface area contributed by atoms with E-state index in [-0.39, 0.29) is 5.56 Å². The van der Waals surface area contributed by atoms with Gasteiger partial charge in [0, 0.05) is 10.9 Å². The number of hydrazine groups is 1. The van der Waals surface area contributed by atoms with Gasteiger partial charge >= 0.3 is 0 Å². The first-order valence-electron chi connectivity index (χ1n) is 4.77. The highest BCUT2D eigenvalue weighted by Gasteiger charge is 2.11. The van der Waals surface area contributed by atoms with Crippen molar-refractivity contribution in [1.29, 1.82) is 0 Å². The number of benzene rings is 1. The van der Waals surface area contributed by atoms with Gasteiger partial charge < -0.3 is 10.4 Å². The third kappa shape index (κ3) is 1.04. The Morgan fingerprint density at radius 2 is 2.12 bits per heavy atom. The van der Waals surface area contributed by atoms with Crippen molar-refractivity contribution in [2.24, 2.45) is 5.84 Å². The summed E-state index contributed by atoms with van der Waals surface area (Å²) in [5.41, 5.74) is 3.57. The molecule has 0 saturated heterocycles. The summed E-state index contributed by atoms with van der Waals surface area (Å²) in [6.07, 6.45) is 0. The van der Waals surface area contributed by atoms with Crippen molar-refractivity contribution < 1.29 is 0 Å². The fourth-order valence-corrected chi connectivity index (χ4v) is 1.88. The van der Waals surface area contributed by atoms with E-state index in [0.29, 0.717) is 16.7 Å². The van der Waals surface area contributed by atoms with Crippen LogP contribution in [-0.4, -0.2) is 15.2 Å². The zero-order valence-electron chi connectivity index (χ0n) is 8.24. The molecule has 1 aromatic carbocycles. The van der Waals surface area contributed by atoms with Gasteiger partial charge in [0.15, 0.2) is 5.82 Å². The molecule has 5 N–H and O–H groups in total. The number of hydrogen-bond donors (Lipinski definition) is 4. The zero-order chi connectivity index (χ0) is 11.1. The van der Waals surface area contributed by atoms with Crippen molar-refractivity contribution in [3.8, 4) is 0 Å². The molecule has 0 aliphatic carbocycles. The molecule has 0 fully saturated rings. The van der Waals surface area contributed by atoms with Crippen LogP contribution >= 0.6 is 0 Å². The highest BCUT2D eigenvalue weighted by Crippen LogP contribution is 2.26. The molecule has 0 aliphatic rings. The fourth-order valence-electron chi connectivity index (χ4n) is 1.88. The predicted molar refractivity (Wildman–Crippen MR) is 62.0 cm³/mol. The first-order chi connectivity index (χ1) is 7.81. The third-order valence-corrected chi connectivity index (χ3v) is 2.58. The molecule has 2 heterocycles. The van der Waals surface area contributed by atoms with Crippen LogP contribution in [0.1, 0.15) is 0 Å². The van der Waals surface area contributed by atoms with Gasteiger partial charge in [0.2, 0.25) is 0 Å². The maximum absolute atomic E-state index is 11.6. The van der Waals surface area contributed by atoms with Crippen molar-refractivity contribution >= 4 is 27.6 Å². The molecule has 0 amide bonds. The van der Waals surface area contributed by atoms with Gasteiger partial charge in [-0.15, -0.1) is 0 Å². The van der Waals surface area contributed by atoms with Gasteiger partial charge in [0.25, 0.3) is 5.56 Å². The Morgan fingerprint density at radius 3 is 2.94 bits per heavy atom. The van der Waals surface area contributed by atoms with Gasteiger partial charge in [-0.3, -0.25) is 4.79 Å². The second-order valence-electron chi connectivity index (χ2n) is 3.47. The first kappa shape index (κ1) is 8.93. The molecule has 0 unspecified atom stereocenters. The molecule has 16 heavy (non-hydrogen) atoms. The maximum Gasteiger partial charge on any atom is 0.288 e. The van der Waals surface area contributed by atoms with Gasteiger partial charge in [0.1, 0.15) is 5.52 Å². The summed E-state index contributed by atoms with van der Waals surface area (Å²) in [7, 11) is 0. The smallest absolute Gasteiger partial charge is 0.288 e. The largest absolute Gasteiger partial charge is 0.350 e. The lowest BCUT2D eigenvalue weighted by atomic mass is 10.2. The second-order valence-corrected chi connectivity index (χ2v) is 3.47. The normalized spacial score (nSPS) is 11.1. The van der Waals surface area contributed by atoms with Crippen molar-refractivity contribution in [3.05, 3.63) is 34.6 Å². The van der Waals surface area contributed by atoms with Crippen LogP contribution in [0.15, 0.2) is 29.1 Å². The lowest BCUT2D eigenvalue weighted by molar-refractivity contribution is 1.00. The Labute approximate surface area is 89.4 Å². The molecular formula is C10H9N5O. The summed E-state index contributed by atoms with van der Waals surface area (Å²) >= 11 is 0. The Kier molecular flexibility index (Phi) is 1.72. The standard InChI is InChI=1S/C10H9N5O/c11-13-9-7-5-3-1-2-4-6(5)12-8(7)10(16)15-14-9/h1-4,12H,11H2,(H,13,14)(H,15,16). The summed E-state index contributed by atoms with van der Waals surface area (Å²) in [6, 6.07) is 7.61.